The molecule has 136 valence electrons. The third kappa shape index (κ3) is 2.54. The molecule has 0 unspecified atom stereocenters. The lowest BCUT2D eigenvalue weighted by Gasteiger charge is -2.13. The third-order valence-electron chi connectivity index (χ3n) is 4.94. The fourth-order valence-electron chi connectivity index (χ4n) is 3.48. The molecule has 0 saturated carbocycles. The van der Waals surface area contributed by atoms with Crippen molar-refractivity contribution in [2.24, 2.45) is 14.1 Å². The Bertz CT molecular complexity index is 1310. The number of rotatable bonds is 2. The van der Waals surface area contributed by atoms with Crippen molar-refractivity contribution in [3.05, 3.63) is 86.2 Å². The largest absolute Gasteiger partial charge is 0.330 e. The summed E-state index contributed by atoms with van der Waals surface area (Å²) in [5.41, 5.74) is 3.28. The van der Waals surface area contributed by atoms with E-state index in [0.717, 1.165) is 21.4 Å². The van der Waals surface area contributed by atoms with Gasteiger partial charge in [0.2, 0.25) is 0 Å². The van der Waals surface area contributed by atoms with Crippen LogP contribution in [0.3, 0.4) is 0 Å². The second kappa shape index (κ2) is 6.28. The molecule has 0 spiro atoms. The molecule has 0 saturated heterocycles. The molecule has 0 atom stereocenters. The van der Waals surface area contributed by atoms with Gasteiger partial charge < -0.3 is 4.57 Å². The van der Waals surface area contributed by atoms with Crippen molar-refractivity contribution in [3.63, 3.8) is 0 Å². The first-order chi connectivity index (χ1) is 12.9. The summed E-state index contributed by atoms with van der Waals surface area (Å²) in [6, 6.07) is 15.3. The van der Waals surface area contributed by atoms with Crippen LogP contribution in [0.5, 0.6) is 0 Å². The van der Waals surface area contributed by atoms with Crippen LogP contribution in [-0.4, -0.2) is 13.7 Å². The fraction of sp³-hybridized carbons (Fsp3) is 0.143. The van der Waals surface area contributed by atoms with Crippen molar-refractivity contribution in [3.8, 4) is 16.9 Å². The first-order valence-corrected chi connectivity index (χ1v) is 8.91. The molecule has 27 heavy (non-hydrogen) atoms. The molecule has 0 radical (unpaired) electrons. The lowest BCUT2D eigenvalue weighted by molar-refractivity contribution is 0.714. The highest BCUT2D eigenvalue weighted by Gasteiger charge is 2.21. The minimum atomic E-state index is -0.361. The number of benzene rings is 2. The van der Waals surface area contributed by atoms with Gasteiger partial charge in [-0.1, -0.05) is 48.0 Å². The minimum absolute atomic E-state index is 0.338. The van der Waals surface area contributed by atoms with Gasteiger partial charge in [0.25, 0.3) is 5.56 Å². The summed E-state index contributed by atoms with van der Waals surface area (Å²) >= 11 is 6.49. The SMILES string of the molecule is Cc1ccccc1-n1cc2c(c1-c1ccccc1Cl)c(=O)n(C)c(=O)n2C. The molecule has 2 heterocycles. The first-order valence-electron chi connectivity index (χ1n) is 8.53. The maximum Gasteiger partial charge on any atom is 0.330 e. The Hall–Kier alpha value is -3.05. The van der Waals surface area contributed by atoms with Crippen LogP contribution in [0.2, 0.25) is 5.02 Å². The van der Waals surface area contributed by atoms with Gasteiger partial charge >= 0.3 is 5.69 Å². The smallest absolute Gasteiger partial charge is 0.313 e. The molecule has 6 heteroatoms. The molecular formula is C21H18ClN3O2. The zero-order chi connectivity index (χ0) is 19.3. The summed E-state index contributed by atoms with van der Waals surface area (Å²) in [5.74, 6) is 0. The highest BCUT2D eigenvalue weighted by molar-refractivity contribution is 6.33. The Balaban J connectivity index is 2.28. The Morgan fingerprint density at radius 1 is 0.889 bits per heavy atom. The van der Waals surface area contributed by atoms with Crippen molar-refractivity contribution in [2.45, 2.75) is 6.92 Å². The molecule has 4 rings (SSSR count). The van der Waals surface area contributed by atoms with E-state index in [1.54, 1.807) is 13.1 Å². The summed E-state index contributed by atoms with van der Waals surface area (Å²) in [7, 11) is 3.16. The summed E-state index contributed by atoms with van der Waals surface area (Å²) in [5, 5.41) is 1.01. The lowest BCUT2D eigenvalue weighted by atomic mass is 10.1. The van der Waals surface area contributed by atoms with Gasteiger partial charge in [0.1, 0.15) is 0 Å². The lowest BCUT2D eigenvalue weighted by Crippen LogP contribution is -2.36. The topological polar surface area (TPSA) is 48.9 Å². The predicted octanol–water partition coefficient (Wildman–Crippen LogP) is 3.66. The van der Waals surface area contributed by atoms with Crippen LogP contribution in [0.25, 0.3) is 27.8 Å². The van der Waals surface area contributed by atoms with Crippen molar-refractivity contribution in [1.29, 1.82) is 0 Å². The standard InChI is InChI=1S/C21H18ClN3O2/c1-13-8-4-7-11-16(13)25-12-17-18(20(26)24(3)21(27)23(17)2)19(25)14-9-5-6-10-15(14)22/h4-12H,1-3H3. The van der Waals surface area contributed by atoms with Crippen LogP contribution in [0.15, 0.2) is 64.3 Å². The Labute approximate surface area is 160 Å². The summed E-state index contributed by atoms with van der Waals surface area (Å²) in [6.07, 6.45) is 1.83. The number of aromatic nitrogens is 3. The number of halogens is 1. The van der Waals surface area contributed by atoms with Crippen LogP contribution in [0, 0.1) is 6.92 Å². The number of hydrogen-bond acceptors (Lipinski definition) is 2. The predicted molar refractivity (Wildman–Crippen MR) is 109 cm³/mol. The first kappa shape index (κ1) is 17.4. The number of fused-ring (bicyclic) bond motifs is 1. The Morgan fingerprint density at radius 3 is 2.26 bits per heavy atom. The molecule has 0 aliphatic carbocycles. The zero-order valence-electron chi connectivity index (χ0n) is 15.2. The van der Waals surface area contributed by atoms with Gasteiger partial charge in [-0.15, -0.1) is 0 Å². The van der Waals surface area contributed by atoms with E-state index < -0.39 is 0 Å². The molecule has 2 aromatic heterocycles. The third-order valence-corrected chi connectivity index (χ3v) is 5.27. The molecule has 0 aliphatic rings. The summed E-state index contributed by atoms with van der Waals surface area (Å²) in [4.78, 5) is 25.5. The molecule has 4 aromatic rings. The summed E-state index contributed by atoms with van der Waals surface area (Å²) in [6.45, 7) is 2.01. The quantitative estimate of drug-likeness (QED) is 0.533. The van der Waals surface area contributed by atoms with E-state index >= 15 is 0 Å². The molecular weight excluding hydrogens is 362 g/mol. The van der Waals surface area contributed by atoms with E-state index in [9.17, 15) is 9.59 Å². The van der Waals surface area contributed by atoms with Crippen LogP contribution < -0.4 is 11.2 Å². The van der Waals surface area contributed by atoms with E-state index in [4.69, 9.17) is 11.6 Å². The number of para-hydroxylation sites is 1. The van der Waals surface area contributed by atoms with E-state index in [1.165, 1.54) is 11.6 Å². The average Bonchev–Trinajstić information content (AvgIpc) is 3.05. The van der Waals surface area contributed by atoms with E-state index in [-0.39, 0.29) is 11.2 Å². The van der Waals surface area contributed by atoms with Gasteiger partial charge in [0.05, 0.1) is 16.6 Å². The highest BCUT2D eigenvalue weighted by Crippen LogP contribution is 2.35. The van der Waals surface area contributed by atoms with Crippen molar-refractivity contribution >= 4 is 22.5 Å². The van der Waals surface area contributed by atoms with Gasteiger partial charge in [-0.3, -0.25) is 13.9 Å². The van der Waals surface area contributed by atoms with Crippen molar-refractivity contribution < 1.29 is 0 Å². The second-order valence-corrected chi connectivity index (χ2v) is 6.99. The van der Waals surface area contributed by atoms with E-state index in [0.29, 0.717) is 21.6 Å². The molecule has 5 nitrogen and oxygen atoms in total. The van der Waals surface area contributed by atoms with Crippen LogP contribution in [0.1, 0.15) is 5.56 Å². The average molecular weight is 380 g/mol. The monoisotopic (exact) mass is 379 g/mol. The zero-order valence-corrected chi connectivity index (χ0v) is 16.0. The van der Waals surface area contributed by atoms with Crippen LogP contribution >= 0.6 is 11.6 Å². The van der Waals surface area contributed by atoms with E-state index in [1.807, 2.05) is 60.2 Å². The Morgan fingerprint density at radius 2 is 1.56 bits per heavy atom. The molecule has 0 aliphatic heterocycles. The molecule has 0 bridgehead atoms. The van der Waals surface area contributed by atoms with Crippen molar-refractivity contribution in [2.75, 3.05) is 0 Å². The highest BCUT2D eigenvalue weighted by atomic mass is 35.5. The molecule has 2 aromatic carbocycles. The molecule has 0 amide bonds. The second-order valence-electron chi connectivity index (χ2n) is 6.58. The number of aryl methyl sites for hydroxylation is 2. The molecule has 0 fully saturated rings. The maximum atomic E-state index is 13.0. The van der Waals surface area contributed by atoms with Crippen molar-refractivity contribution in [1.82, 2.24) is 13.7 Å². The maximum absolute atomic E-state index is 13.0. The Kier molecular flexibility index (Phi) is 4.04. The fourth-order valence-corrected chi connectivity index (χ4v) is 3.71. The van der Waals surface area contributed by atoms with Gasteiger partial charge in [-0.05, 0) is 24.6 Å². The van der Waals surface area contributed by atoms with E-state index in [2.05, 4.69) is 0 Å². The molecule has 0 N–H and O–H groups in total. The van der Waals surface area contributed by atoms with Gasteiger partial charge in [0, 0.05) is 36.6 Å². The number of nitrogens with zero attached hydrogens (tertiary/aromatic N) is 3. The summed E-state index contributed by atoms with van der Waals surface area (Å²) < 4.78 is 4.57. The van der Waals surface area contributed by atoms with Gasteiger partial charge in [-0.25, -0.2) is 4.79 Å². The number of hydrogen-bond donors (Lipinski definition) is 0. The van der Waals surface area contributed by atoms with Crippen LogP contribution in [-0.2, 0) is 14.1 Å². The normalized spacial score (nSPS) is 11.3. The van der Waals surface area contributed by atoms with Gasteiger partial charge in [0.15, 0.2) is 0 Å². The van der Waals surface area contributed by atoms with Gasteiger partial charge in [-0.2, -0.15) is 0 Å². The minimum Gasteiger partial charge on any atom is -0.313 e. The van der Waals surface area contributed by atoms with Crippen LogP contribution in [0.4, 0.5) is 0 Å².